The summed E-state index contributed by atoms with van der Waals surface area (Å²) in [6, 6.07) is 16.5. The van der Waals surface area contributed by atoms with Gasteiger partial charge in [0, 0.05) is 48.7 Å². The van der Waals surface area contributed by atoms with Crippen LogP contribution in [0.3, 0.4) is 0 Å². The highest BCUT2D eigenvalue weighted by atomic mass is 16.5. The van der Waals surface area contributed by atoms with Crippen molar-refractivity contribution >= 4 is 23.5 Å². The molecule has 3 N–H and O–H groups in total. The van der Waals surface area contributed by atoms with Crippen molar-refractivity contribution in [3.05, 3.63) is 77.7 Å². The molecule has 0 unspecified atom stereocenters. The molecule has 1 aromatic carbocycles. The molecule has 170 valence electrons. The summed E-state index contributed by atoms with van der Waals surface area (Å²) in [7, 11) is 0. The molecule has 33 heavy (non-hydrogen) atoms. The lowest BCUT2D eigenvalue weighted by molar-refractivity contribution is 0.100. The highest BCUT2D eigenvalue weighted by Gasteiger charge is 2.14. The minimum absolute atomic E-state index is 0.409. The average molecular weight is 447 g/mol. The first-order valence-electron chi connectivity index (χ1n) is 10.7. The van der Waals surface area contributed by atoms with Gasteiger partial charge in [-0.1, -0.05) is 12.1 Å². The van der Waals surface area contributed by atoms with Gasteiger partial charge < -0.3 is 20.1 Å². The molecule has 0 saturated carbocycles. The summed E-state index contributed by atoms with van der Waals surface area (Å²) in [4.78, 5) is 22.5. The Hall–Kier alpha value is -3.98. The number of benzene rings is 1. The van der Waals surface area contributed by atoms with Crippen LogP contribution in [0.5, 0.6) is 5.88 Å². The number of morpholine rings is 1. The highest BCUT2D eigenvalue weighted by Crippen LogP contribution is 2.22. The Bertz CT molecular complexity index is 1100. The molecule has 1 aliphatic rings. The van der Waals surface area contributed by atoms with E-state index in [1.807, 2.05) is 30.3 Å². The molecular weight excluding hydrogens is 420 g/mol. The molecule has 1 saturated heterocycles. The second kappa shape index (κ2) is 11.1. The highest BCUT2D eigenvalue weighted by molar-refractivity contribution is 5.93. The van der Waals surface area contributed by atoms with Crippen molar-refractivity contribution in [2.45, 2.75) is 6.42 Å². The van der Waals surface area contributed by atoms with E-state index in [2.05, 4.69) is 25.4 Å². The van der Waals surface area contributed by atoms with Gasteiger partial charge in [-0.25, -0.2) is 4.98 Å². The molecule has 4 rings (SSSR count). The minimum atomic E-state index is -0.491. The van der Waals surface area contributed by atoms with Crippen LogP contribution >= 0.6 is 0 Å². The SMILES string of the molecule is NC(=O)c1cccc(NN=Cc2cc(N3CCOCC3)cc(OCCc3ccccn3)n2)c1. The standard InChI is InChI=1S/C24H26N6O3/c25-24(31)18-4-3-6-20(14-18)29-27-17-21-15-22(30-9-12-32-13-10-30)16-23(28-21)33-11-7-19-5-1-2-8-26-19/h1-6,8,14-17,29H,7,9-13H2,(H2,25,31). The molecule has 1 fully saturated rings. The van der Waals surface area contributed by atoms with Crippen LogP contribution < -0.4 is 20.8 Å². The van der Waals surface area contributed by atoms with E-state index in [0.717, 1.165) is 24.5 Å². The number of rotatable bonds is 9. The quantitative estimate of drug-likeness (QED) is 0.383. The van der Waals surface area contributed by atoms with Gasteiger partial charge in [0.15, 0.2) is 0 Å². The zero-order valence-corrected chi connectivity index (χ0v) is 18.2. The maximum absolute atomic E-state index is 11.4. The van der Waals surface area contributed by atoms with Crippen molar-refractivity contribution in [2.75, 3.05) is 43.2 Å². The Labute approximate surface area is 192 Å². The van der Waals surface area contributed by atoms with Crippen molar-refractivity contribution in [2.24, 2.45) is 10.8 Å². The van der Waals surface area contributed by atoms with Gasteiger partial charge in [-0.2, -0.15) is 5.10 Å². The molecule has 0 aliphatic carbocycles. The van der Waals surface area contributed by atoms with Crippen molar-refractivity contribution in [3.63, 3.8) is 0 Å². The lowest BCUT2D eigenvalue weighted by Gasteiger charge is -2.29. The topological polar surface area (TPSA) is 115 Å². The number of primary amides is 1. The first-order valence-corrected chi connectivity index (χ1v) is 10.7. The zero-order chi connectivity index (χ0) is 22.9. The van der Waals surface area contributed by atoms with Gasteiger partial charge in [0.25, 0.3) is 0 Å². The number of hydrazone groups is 1. The Balaban J connectivity index is 1.47. The zero-order valence-electron chi connectivity index (χ0n) is 18.2. The van der Waals surface area contributed by atoms with Crippen LogP contribution in [-0.2, 0) is 11.2 Å². The Kier molecular flexibility index (Phi) is 7.44. The Morgan fingerprint density at radius 1 is 1.18 bits per heavy atom. The molecule has 0 spiro atoms. The maximum atomic E-state index is 11.4. The van der Waals surface area contributed by atoms with Crippen LogP contribution in [0.1, 0.15) is 21.7 Å². The largest absolute Gasteiger partial charge is 0.477 e. The van der Waals surface area contributed by atoms with E-state index < -0.39 is 5.91 Å². The molecule has 3 aromatic rings. The van der Waals surface area contributed by atoms with Crippen LogP contribution in [0, 0.1) is 0 Å². The van der Waals surface area contributed by atoms with E-state index in [0.29, 0.717) is 49.1 Å². The number of pyridine rings is 2. The monoisotopic (exact) mass is 446 g/mol. The fourth-order valence-corrected chi connectivity index (χ4v) is 3.38. The van der Waals surface area contributed by atoms with E-state index in [9.17, 15) is 4.79 Å². The molecule has 9 heteroatoms. The lowest BCUT2D eigenvalue weighted by Crippen LogP contribution is -2.36. The third kappa shape index (κ3) is 6.50. The first kappa shape index (κ1) is 22.2. The third-order valence-electron chi connectivity index (χ3n) is 5.05. The predicted molar refractivity (Wildman–Crippen MR) is 127 cm³/mol. The number of nitrogens with zero attached hydrogens (tertiary/aromatic N) is 4. The minimum Gasteiger partial charge on any atom is -0.477 e. The number of nitrogens with two attached hydrogens (primary N) is 1. The van der Waals surface area contributed by atoms with Gasteiger partial charge in [0.05, 0.1) is 37.4 Å². The number of ether oxygens (including phenoxy) is 2. The van der Waals surface area contributed by atoms with Crippen molar-refractivity contribution in [3.8, 4) is 5.88 Å². The molecule has 2 aromatic heterocycles. The predicted octanol–water partition coefficient (Wildman–Crippen LogP) is 2.48. The molecule has 0 radical (unpaired) electrons. The first-order chi connectivity index (χ1) is 16.2. The number of nitrogens with one attached hydrogen (secondary N) is 1. The second-order valence-corrected chi connectivity index (χ2v) is 7.42. The smallest absolute Gasteiger partial charge is 0.248 e. The van der Waals surface area contributed by atoms with Gasteiger partial charge in [-0.05, 0) is 36.4 Å². The van der Waals surface area contributed by atoms with Crippen LogP contribution in [0.2, 0.25) is 0 Å². The molecule has 3 heterocycles. The van der Waals surface area contributed by atoms with Gasteiger partial charge in [-0.15, -0.1) is 0 Å². The van der Waals surface area contributed by atoms with Crippen LogP contribution in [0.25, 0.3) is 0 Å². The Morgan fingerprint density at radius 2 is 2.06 bits per heavy atom. The van der Waals surface area contributed by atoms with Crippen molar-refractivity contribution in [1.29, 1.82) is 0 Å². The Morgan fingerprint density at radius 3 is 2.85 bits per heavy atom. The van der Waals surface area contributed by atoms with Gasteiger partial charge in [0.1, 0.15) is 0 Å². The second-order valence-electron chi connectivity index (χ2n) is 7.42. The summed E-state index contributed by atoms with van der Waals surface area (Å²) in [5.74, 6) is 0.0297. The maximum Gasteiger partial charge on any atom is 0.248 e. The van der Waals surface area contributed by atoms with Crippen LogP contribution in [0.15, 0.2) is 65.9 Å². The molecule has 1 amide bonds. The number of hydrogen-bond donors (Lipinski definition) is 2. The van der Waals surface area contributed by atoms with Crippen LogP contribution in [-0.4, -0.2) is 55.0 Å². The van der Waals surface area contributed by atoms with Gasteiger partial charge in [0.2, 0.25) is 11.8 Å². The normalized spacial score (nSPS) is 13.8. The fourth-order valence-electron chi connectivity index (χ4n) is 3.38. The van der Waals surface area contributed by atoms with Gasteiger partial charge in [-0.3, -0.25) is 15.2 Å². The summed E-state index contributed by atoms with van der Waals surface area (Å²) in [6.45, 7) is 3.42. The van der Waals surface area contributed by atoms with E-state index in [1.54, 1.807) is 36.7 Å². The summed E-state index contributed by atoms with van der Waals surface area (Å²) in [5, 5.41) is 4.27. The number of carbonyl (C=O) groups is 1. The summed E-state index contributed by atoms with van der Waals surface area (Å²) >= 11 is 0. The van der Waals surface area contributed by atoms with E-state index >= 15 is 0 Å². The summed E-state index contributed by atoms with van der Waals surface area (Å²) < 4.78 is 11.4. The number of carbonyl (C=O) groups excluding carboxylic acids is 1. The van der Waals surface area contributed by atoms with E-state index in [-0.39, 0.29) is 0 Å². The molecule has 0 bridgehead atoms. The van der Waals surface area contributed by atoms with E-state index in [4.69, 9.17) is 15.2 Å². The number of amides is 1. The number of hydrogen-bond acceptors (Lipinski definition) is 8. The van der Waals surface area contributed by atoms with Crippen molar-refractivity contribution in [1.82, 2.24) is 9.97 Å². The van der Waals surface area contributed by atoms with Crippen LogP contribution in [0.4, 0.5) is 11.4 Å². The number of anilines is 2. The average Bonchev–Trinajstić information content (AvgIpc) is 2.85. The van der Waals surface area contributed by atoms with E-state index in [1.165, 1.54) is 0 Å². The lowest BCUT2D eigenvalue weighted by atomic mass is 10.2. The third-order valence-corrected chi connectivity index (χ3v) is 5.05. The van der Waals surface area contributed by atoms with Gasteiger partial charge >= 0.3 is 0 Å². The van der Waals surface area contributed by atoms with Crippen molar-refractivity contribution < 1.29 is 14.3 Å². The summed E-state index contributed by atoms with van der Waals surface area (Å²) in [6.07, 6.45) is 4.07. The molecule has 9 nitrogen and oxygen atoms in total. The summed E-state index contributed by atoms with van der Waals surface area (Å²) in [5.41, 5.74) is 11.9. The molecule has 0 atom stereocenters. The molecular formula is C24H26N6O3. The number of aromatic nitrogens is 2. The fraction of sp³-hybridized carbons (Fsp3) is 0.250. The molecule has 1 aliphatic heterocycles.